The minimum atomic E-state index is -3.86. The van der Waals surface area contributed by atoms with Gasteiger partial charge in [0.2, 0.25) is 9.84 Å². The summed E-state index contributed by atoms with van der Waals surface area (Å²) in [6, 6.07) is 23.3. The summed E-state index contributed by atoms with van der Waals surface area (Å²) in [5.74, 6) is 0. The van der Waals surface area contributed by atoms with Crippen molar-refractivity contribution >= 4 is 15.5 Å². The lowest BCUT2D eigenvalue weighted by Gasteiger charge is -2.11. The topological polar surface area (TPSA) is 95.1 Å². The monoisotopic (exact) mass is 433 g/mol. The van der Waals surface area contributed by atoms with Crippen LogP contribution in [-0.2, 0) is 16.3 Å². The molecule has 8 heteroatoms. The number of nitro benzene ring substituents is 1. The van der Waals surface area contributed by atoms with Crippen molar-refractivity contribution in [3.8, 4) is 16.9 Å². The predicted molar refractivity (Wildman–Crippen MR) is 117 cm³/mol. The fourth-order valence-corrected chi connectivity index (χ4v) is 5.14. The Bertz CT molecular complexity index is 1330. The van der Waals surface area contributed by atoms with Crippen LogP contribution in [0.1, 0.15) is 12.6 Å². The van der Waals surface area contributed by atoms with Crippen LogP contribution in [0.3, 0.4) is 0 Å². The van der Waals surface area contributed by atoms with E-state index in [9.17, 15) is 18.5 Å². The van der Waals surface area contributed by atoms with Crippen molar-refractivity contribution in [2.75, 3.05) is 0 Å². The molecule has 156 valence electrons. The average molecular weight is 433 g/mol. The largest absolute Gasteiger partial charge is 0.269 e. The van der Waals surface area contributed by atoms with Crippen molar-refractivity contribution in [2.24, 2.45) is 0 Å². The number of sulfone groups is 1. The minimum absolute atomic E-state index is 0.0509. The molecule has 7 nitrogen and oxygen atoms in total. The minimum Gasteiger partial charge on any atom is -0.258 e. The molecule has 3 aromatic carbocycles. The van der Waals surface area contributed by atoms with Gasteiger partial charge in [-0.3, -0.25) is 10.1 Å². The Labute approximate surface area is 179 Å². The summed E-state index contributed by atoms with van der Waals surface area (Å²) in [5.41, 5.74) is 2.03. The van der Waals surface area contributed by atoms with E-state index in [0.717, 1.165) is 0 Å². The molecular formula is C23H19N3O4S. The van der Waals surface area contributed by atoms with Crippen LogP contribution in [0.5, 0.6) is 0 Å². The summed E-state index contributed by atoms with van der Waals surface area (Å²) in [7, 11) is -3.86. The normalized spacial score (nSPS) is 11.4. The second-order valence-electron chi connectivity index (χ2n) is 6.85. The van der Waals surface area contributed by atoms with Crippen LogP contribution >= 0.6 is 0 Å². The van der Waals surface area contributed by atoms with E-state index in [1.54, 1.807) is 47.1 Å². The third-order valence-electron chi connectivity index (χ3n) is 4.92. The fraction of sp³-hybridized carbons (Fsp3) is 0.0870. The van der Waals surface area contributed by atoms with E-state index in [2.05, 4.69) is 5.10 Å². The molecule has 0 aliphatic heterocycles. The quantitative estimate of drug-likeness (QED) is 0.320. The third-order valence-corrected chi connectivity index (χ3v) is 6.78. The Hall–Kier alpha value is -3.78. The first kappa shape index (κ1) is 20.5. The van der Waals surface area contributed by atoms with Gasteiger partial charge in [-0.25, -0.2) is 13.1 Å². The fourth-order valence-electron chi connectivity index (χ4n) is 3.43. The maximum absolute atomic E-state index is 13.7. The highest BCUT2D eigenvalue weighted by Crippen LogP contribution is 2.36. The van der Waals surface area contributed by atoms with Gasteiger partial charge < -0.3 is 0 Å². The van der Waals surface area contributed by atoms with Crippen molar-refractivity contribution in [2.45, 2.75) is 23.1 Å². The van der Waals surface area contributed by atoms with Gasteiger partial charge >= 0.3 is 0 Å². The van der Waals surface area contributed by atoms with Gasteiger partial charge in [-0.2, -0.15) is 5.10 Å². The summed E-state index contributed by atoms with van der Waals surface area (Å²) in [6.45, 7) is 1.85. The molecule has 0 amide bonds. The van der Waals surface area contributed by atoms with Crippen molar-refractivity contribution < 1.29 is 13.3 Å². The number of rotatable bonds is 6. The molecule has 0 spiro atoms. The lowest BCUT2D eigenvalue weighted by Crippen LogP contribution is -2.06. The molecule has 0 aliphatic rings. The summed E-state index contributed by atoms with van der Waals surface area (Å²) >= 11 is 0. The SMILES string of the molecule is CCc1nn(-c2ccc([N+](=O)[O-])cc2)c(-c2ccccc2)c1S(=O)(=O)c1ccccc1. The first-order chi connectivity index (χ1) is 14.9. The van der Waals surface area contributed by atoms with Crippen LogP contribution in [0.15, 0.2) is 94.7 Å². The number of aryl methyl sites for hydroxylation is 1. The Morgan fingerprint density at radius 1 is 0.903 bits per heavy atom. The molecule has 31 heavy (non-hydrogen) atoms. The third kappa shape index (κ3) is 3.73. The van der Waals surface area contributed by atoms with Crippen molar-refractivity contribution in [1.29, 1.82) is 0 Å². The molecule has 0 N–H and O–H groups in total. The lowest BCUT2D eigenvalue weighted by atomic mass is 10.1. The molecule has 1 aromatic heterocycles. The molecule has 4 aromatic rings. The molecule has 4 rings (SSSR count). The van der Waals surface area contributed by atoms with E-state index in [0.29, 0.717) is 29.1 Å². The zero-order valence-corrected chi connectivity index (χ0v) is 17.5. The summed E-state index contributed by atoms with van der Waals surface area (Å²) < 4.78 is 28.9. The van der Waals surface area contributed by atoms with E-state index < -0.39 is 14.8 Å². The Morgan fingerprint density at radius 3 is 2.03 bits per heavy atom. The molecule has 0 saturated carbocycles. The summed E-state index contributed by atoms with van der Waals surface area (Å²) in [5, 5.41) is 15.6. The number of nitro groups is 1. The zero-order chi connectivity index (χ0) is 22.0. The molecular weight excluding hydrogens is 414 g/mol. The predicted octanol–water partition coefficient (Wildman–Crippen LogP) is 4.84. The van der Waals surface area contributed by atoms with E-state index in [1.807, 2.05) is 37.3 Å². The van der Waals surface area contributed by atoms with Gasteiger partial charge in [0.1, 0.15) is 4.90 Å². The first-order valence-corrected chi connectivity index (χ1v) is 11.1. The van der Waals surface area contributed by atoms with Crippen LogP contribution in [0.2, 0.25) is 0 Å². The average Bonchev–Trinajstić information content (AvgIpc) is 3.21. The maximum Gasteiger partial charge on any atom is 0.269 e. The lowest BCUT2D eigenvalue weighted by molar-refractivity contribution is -0.384. The molecule has 1 heterocycles. The summed E-state index contributed by atoms with van der Waals surface area (Å²) in [6.07, 6.45) is 0.404. The smallest absolute Gasteiger partial charge is 0.258 e. The molecule has 0 radical (unpaired) electrons. The second kappa shape index (κ2) is 8.16. The van der Waals surface area contributed by atoms with Crippen LogP contribution in [0.25, 0.3) is 16.9 Å². The first-order valence-electron chi connectivity index (χ1n) is 9.65. The van der Waals surface area contributed by atoms with Gasteiger partial charge in [0.25, 0.3) is 5.69 Å². The van der Waals surface area contributed by atoms with Gasteiger partial charge in [-0.15, -0.1) is 0 Å². The van der Waals surface area contributed by atoms with Crippen LogP contribution in [0, 0.1) is 10.1 Å². The van der Waals surface area contributed by atoms with Crippen molar-refractivity contribution in [3.05, 3.63) is 101 Å². The van der Waals surface area contributed by atoms with Crippen molar-refractivity contribution in [1.82, 2.24) is 9.78 Å². The maximum atomic E-state index is 13.7. The number of hydrogen-bond acceptors (Lipinski definition) is 5. The molecule has 0 unspecified atom stereocenters. The van der Waals surface area contributed by atoms with E-state index in [1.165, 1.54) is 12.1 Å². The van der Waals surface area contributed by atoms with Gasteiger partial charge in [0.05, 0.1) is 26.9 Å². The Morgan fingerprint density at radius 2 is 1.48 bits per heavy atom. The van der Waals surface area contributed by atoms with Crippen LogP contribution < -0.4 is 0 Å². The van der Waals surface area contributed by atoms with Gasteiger partial charge in [0.15, 0.2) is 0 Å². The van der Waals surface area contributed by atoms with Crippen LogP contribution in [-0.4, -0.2) is 23.1 Å². The molecule has 0 aliphatic carbocycles. The highest BCUT2D eigenvalue weighted by atomic mass is 32.2. The zero-order valence-electron chi connectivity index (χ0n) is 16.7. The molecule has 0 bridgehead atoms. The number of hydrogen-bond donors (Lipinski definition) is 0. The molecule has 0 fully saturated rings. The van der Waals surface area contributed by atoms with E-state index in [-0.39, 0.29) is 15.5 Å². The number of non-ortho nitro benzene ring substituents is 1. The van der Waals surface area contributed by atoms with E-state index >= 15 is 0 Å². The highest BCUT2D eigenvalue weighted by Gasteiger charge is 2.30. The van der Waals surface area contributed by atoms with Gasteiger partial charge in [-0.1, -0.05) is 55.5 Å². The second-order valence-corrected chi connectivity index (χ2v) is 8.73. The van der Waals surface area contributed by atoms with Crippen molar-refractivity contribution in [3.63, 3.8) is 0 Å². The van der Waals surface area contributed by atoms with Gasteiger partial charge in [-0.05, 0) is 30.7 Å². The Kier molecular flexibility index (Phi) is 5.39. The van der Waals surface area contributed by atoms with E-state index in [4.69, 9.17) is 0 Å². The highest BCUT2D eigenvalue weighted by molar-refractivity contribution is 7.91. The Balaban J connectivity index is 2.03. The molecule has 0 atom stereocenters. The number of benzene rings is 3. The number of nitrogens with zero attached hydrogens (tertiary/aromatic N) is 3. The standard InChI is InChI=1S/C23H19N3O4S/c1-2-21-23(31(29,30)20-11-7-4-8-12-20)22(17-9-5-3-6-10-17)25(24-21)18-13-15-19(16-14-18)26(27)28/h3-16H,2H2,1H3. The summed E-state index contributed by atoms with van der Waals surface area (Å²) in [4.78, 5) is 10.9. The molecule has 0 saturated heterocycles. The van der Waals surface area contributed by atoms with Crippen LogP contribution in [0.4, 0.5) is 5.69 Å². The van der Waals surface area contributed by atoms with Gasteiger partial charge in [0, 0.05) is 17.7 Å². The number of aromatic nitrogens is 2.